The molecule has 0 bridgehead atoms. The van der Waals surface area contributed by atoms with Gasteiger partial charge in [-0.1, -0.05) is 12.1 Å². The second-order valence-electron chi connectivity index (χ2n) is 6.58. The van der Waals surface area contributed by atoms with Gasteiger partial charge in [0.25, 0.3) is 5.91 Å². The van der Waals surface area contributed by atoms with Crippen LogP contribution in [0.1, 0.15) is 22.5 Å². The van der Waals surface area contributed by atoms with Gasteiger partial charge in [-0.2, -0.15) is 0 Å². The number of piperazine rings is 1. The lowest BCUT2D eigenvalue weighted by molar-refractivity contribution is -0.132. The molecular weight excluding hydrogens is 358 g/mol. The zero-order chi connectivity index (χ0) is 19.9. The number of hydrogen-bond donors (Lipinski definition) is 0. The molecule has 0 N–H and O–H groups in total. The second-order valence-corrected chi connectivity index (χ2v) is 6.58. The van der Waals surface area contributed by atoms with Crippen LogP contribution in [0.4, 0.5) is 0 Å². The van der Waals surface area contributed by atoms with Crippen molar-refractivity contribution in [3.05, 3.63) is 53.9 Å². The molecule has 3 rings (SSSR count). The lowest BCUT2D eigenvalue weighted by Crippen LogP contribution is -2.50. The van der Waals surface area contributed by atoms with Crippen molar-refractivity contribution >= 4 is 11.8 Å². The van der Waals surface area contributed by atoms with E-state index in [0.717, 1.165) is 5.56 Å². The molecule has 2 aromatic rings. The first kappa shape index (κ1) is 19.7. The average molecular weight is 383 g/mol. The Hall–Kier alpha value is -3.09. The number of benzene rings is 1. The first-order valence-electron chi connectivity index (χ1n) is 9.31. The number of amides is 2. The van der Waals surface area contributed by atoms with Gasteiger partial charge < -0.3 is 19.3 Å². The van der Waals surface area contributed by atoms with Gasteiger partial charge in [0.2, 0.25) is 5.91 Å². The lowest BCUT2D eigenvalue weighted by atomic mass is 10.1. The minimum absolute atomic E-state index is 0.0852. The highest BCUT2D eigenvalue weighted by Gasteiger charge is 2.25. The van der Waals surface area contributed by atoms with Gasteiger partial charge in [-0.15, -0.1) is 0 Å². The third-order valence-corrected chi connectivity index (χ3v) is 4.88. The molecule has 7 heteroatoms. The van der Waals surface area contributed by atoms with Crippen LogP contribution < -0.4 is 9.47 Å². The van der Waals surface area contributed by atoms with E-state index in [2.05, 4.69) is 4.98 Å². The summed E-state index contributed by atoms with van der Waals surface area (Å²) in [6, 6.07) is 11.0. The smallest absolute Gasteiger partial charge is 0.272 e. The lowest BCUT2D eigenvalue weighted by Gasteiger charge is -2.34. The van der Waals surface area contributed by atoms with E-state index in [1.807, 2.05) is 23.1 Å². The number of nitrogens with zero attached hydrogens (tertiary/aromatic N) is 3. The van der Waals surface area contributed by atoms with Gasteiger partial charge in [0.15, 0.2) is 11.5 Å². The summed E-state index contributed by atoms with van der Waals surface area (Å²) >= 11 is 0. The molecule has 0 aliphatic carbocycles. The van der Waals surface area contributed by atoms with Gasteiger partial charge >= 0.3 is 0 Å². The van der Waals surface area contributed by atoms with E-state index in [-0.39, 0.29) is 11.8 Å². The van der Waals surface area contributed by atoms with Gasteiger partial charge in [0, 0.05) is 38.8 Å². The van der Waals surface area contributed by atoms with Crippen molar-refractivity contribution in [2.24, 2.45) is 0 Å². The van der Waals surface area contributed by atoms with Crippen LogP contribution in [0.15, 0.2) is 42.6 Å². The molecule has 1 aromatic heterocycles. The Morgan fingerprint density at radius 2 is 1.68 bits per heavy atom. The molecule has 1 aliphatic heterocycles. The fraction of sp³-hybridized carbons (Fsp3) is 0.381. The van der Waals surface area contributed by atoms with Crippen molar-refractivity contribution in [1.82, 2.24) is 14.8 Å². The van der Waals surface area contributed by atoms with Crippen molar-refractivity contribution in [3.8, 4) is 11.5 Å². The van der Waals surface area contributed by atoms with E-state index >= 15 is 0 Å². The SMILES string of the molecule is COc1ccc(CCC(=O)N2CCN(C(=O)c3ccccn3)CC2)cc1OC. The van der Waals surface area contributed by atoms with Crippen LogP contribution in [0.5, 0.6) is 11.5 Å². The first-order valence-corrected chi connectivity index (χ1v) is 9.31. The maximum absolute atomic E-state index is 12.5. The predicted molar refractivity (Wildman–Crippen MR) is 105 cm³/mol. The summed E-state index contributed by atoms with van der Waals surface area (Å²) in [5.74, 6) is 1.35. The molecule has 0 unspecified atom stereocenters. The van der Waals surface area contributed by atoms with E-state index < -0.39 is 0 Å². The highest BCUT2D eigenvalue weighted by Crippen LogP contribution is 2.28. The molecule has 0 spiro atoms. The number of hydrogen-bond acceptors (Lipinski definition) is 5. The molecule has 7 nitrogen and oxygen atoms in total. The molecule has 148 valence electrons. The van der Waals surface area contributed by atoms with Gasteiger partial charge in [0.1, 0.15) is 5.69 Å². The maximum atomic E-state index is 12.5. The Bertz CT molecular complexity index is 818. The number of ether oxygens (including phenoxy) is 2. The fourth-order valence-electron chi connectivity index (χ4n) is 3.26. The zero-order valence-electron chi connectivity index (χ0n) is 16.3. The highest BCUT2D eigenvalue weighted by molar-refractivity contribution is 5.92. The van der Waals surface area contributed by atoms with Crippen LogP contribution in [0.2, 0.25) is 0 Å². The predicted octanol–water partition coefficient (Wildman–Crippen LogP) is 2.02. The van der Waals surface area contributed by atoms with E-state index in [4.69, 9.17) is 9.47 Å². The van der Waals surface area contributed by atoms with Crippen LogP contribution in [0, 0.1) is 0 Å². The van der Waals surface area contributed by atoms with Crippen LogP contribution >= 0.6 is 0 Å². The Kier molecular flexibility index (Phi) is 6.47. The quantitative estimate of drug-likeness (QED) is 0.763. The Morgan fingerprint density at radius 3 is 2.32 bits per heavy atom. The number of methoxy groups -OCH3 is 2. The van der Waals surface area contributed by atoms with Crippen LogP contribution in [-0.2, 0) is 11.2 Å². The van der Waals surface area contributed by atoms with Crippen LogP contribution in [0.25, 0.3) is 0 Å². The Morgan fingerprint density at radius 1 is 0.964 bits per heavy atom. The van der Waals surface area contributed by atoms with Crippen molar-refractivity contribution < 1.29 is 19.1 Å². The standard InChI is InChI=1S/C21H25N3O4/c1-27-18-8-6-16(15-19(18)28-2)7-9-20(25)23-11-13-24(14-12-23)21(26)17-5-3-4-10-22-17/h3-6,8,10,15H,7,9,11-14H2,1-2H3. The summed E-state index contributed by atoms with van der Waals surface area (Å²) in [4.78, 5) is 32.7. The van der Waals surface area contributed by atoms with Crippen molar-refractivity contribution in [1.29, 1.82) is 0 Å². The number of aromatic nitrogens is 1. The van der Waals surface area contributed by atoms with Crippen molar-refractivity contribution in [2.75, 3.05) is 40.4 Å². The van der Waals surface area contributed by atoms with Gasteiger partial charge in [-0.05, 0) is 36.2 Å². The summed E-state index contributed by atoms with van der Waals surface area (Å²) in [5.41, 5.74) is 1.46. The molecule has 0 radical (unpaired) electrons. The third kappa shape index (κ3) is 4.60. The highest BCUT2D eigenvalue weighted by atomic mass is 16.5. The molecule has 0 atom stereocenters. The summed E-state index contributed by atoms with van der Waals surface area (Å²) < 4.78 is 10.5. The minimum atomic E-state index is -0.0852. The minimum Gasteiger partial charge on any atom is -0.493 e. The van der Waals surface area contributed by atoms with Crippen molar-refractivity contribution in [2.45, 2.75) is 12.8 Å². The van der Waals surface area contributed by atoms with Crippen LogP contribution in [-0.4, -0.2) is 67.0 Å². The topological polar surface area (TPSA) is 72.0 Å². The third-order valence-electron chi connectivity index (χ3n) is 4.88. The number of pyridine rings is 1. The van der Waals surface area contributed by atoms with E-state index in [1.54, 1.807) is 43.5 Å². The van der Waals surface area contributed by atoms with Gasteiger partial charge in [-0.25, -0.2) is 0 Å². The number of aryl methyl sites for hydroxylation is 1. The van der Waals surface area contributed by atoms with E-state index in [1.165, 1.54) is 0 Å². The number of carbonyl (C=O) groups excluding carboxylic acids is 2. The molecule has 2 amide bonds. The summed E-state index contributed by atoms with van der Waals surface area (Å²) in [6.07, 6.45) is 2.66. The molecule has 2 heterocycles. The van der Waals surface area contributed by atoms with Gasteiger partial charge in [-0.3, -0.25) is 14.6 Å². The largest absolute Gasteiger partial charge is 0.493 e. The van der Waals surface area contributed by atoms with Crippen molar-refractivity contribution in [3.63, 3.8) is 0 Å². The van der Waals surface area contributed by atoms with Gasteiger partial charge in [0.05, 0.1) is 14.2 Å². The van der Waals surface area contributed by atoms with E-state index in [9.17, 15) is 9.59 Å². The molecular formula is C21H25N3O4. The molecule has 1 fully saturated rings. The molecule has 1 saturated heterocycles. The normalized spacial score (nSPS) is 13.9. The molecule has 0 saturated carbocycles. The molecule has 1 aromatic carbocycles. The summed E-state index contributed by atoms with van der Waals surface area (Å²) in [7, 11) is 3.19. The Labute approximate surface area is 164 Å². The molecule has 1 aliphatic rings. The fourth-order valence-corrected chi connectivity index (χ4v) is 3.26. The maximum Gasteiger partial charge on any atom is 0.272 e. The zero-order valence-corrected chi connectivity index (χ0v) is 16.3. The second kappa shape index (κ2) is 9.21. The molecule has 28 heavy (non-hydrogen) atoms. The number of carbonyl (C=O) groups is 2. The first-order chi connectivity index (χ1) is 13.6. The summed E-state index contributed by atoms with van der Waals surface area (Å²) in [5, 5.41) is 0. The summed E-state index contributed by atoms with van der Waals surface area (Å²) in [6.45, 7) is 2.14. The monoisotopic (exact) mass is 383 g/mol. The van der Waals surface area contributed by atoms with Crippen LogP contribution in [0.3, 0.4) is 0 Å². The average Bonchev–Trinajstić information content (AvgIpc) is 2.77. The van der Waals surface area contributed by atoms with E-state index in [0.29, 0.717) is 56.2 Å². The number of rotatable bonds is 6. The Balaban J connectivity index is 1.50.